The Hall–Kier alpha value is -1.09. The molecular formula is C13H18FNO. The third-order valence-electron chi connectivity index (χ3n) is 3.53. The second-order valence-electron chi connectivity index (χ2n) is 4.75. The van der Waals surface area contributed by atoms with E-state index in [1.807, 2.05) is 6.07 Å². The van der Waals surface area contributed by atoms with Crippen LogP contribution in [-0.2, 0) is 5.54 Å². The van der Waals surface area contributed by atoms with Gasteiger partial charge in [0.05, 0.1) is 0 Å². The second kappa shape index (κ2) is 4.06. The van der Waals surface area contributed by atoms with Gasteiger partial charge in [0.1, 0.15) is 11.9 Å². The van der Waals surface area contributed by atoms with Gasteiger partial charge >= 0.3 is 0 Å². The van der Waals surface area contributed by atoms with Crippen molar-refractivity contribution < 1.29 is 9.50 Å². The molecule has 16 heavy (non-hydrogen) atoms. The molecule has 2 nitrogen and oxygen atoms in total. The summed E-state index contributed by atoms with van der Waals surface area (Å²) in [6, 6.07) is 5.07. The molecule has 0 amide bonds. The Morgan fingerprint density at radius 1 is 1.38 bits per heavy atom. The topological polar surface area (TPSA) is 46.2 Å². The molecule has 1 unspecified atom stereocenters. The van der Waals surface area contributed by atoms with Gasteiger partial charge in [-0.15, -0.1) is 0 Å². The number of benzene rings is 1. The minimum atomic E-state index is -1.16. The highest BCUT2D eigenvalue weighted by Gasteiger charge is 2.31. The van der Waals surface area contributed by atoms with Crippen LogP contribution >= 0.6 is 0 Å². The van der Waals surface area contributed by atoms with Gasteiger partial charge in [-0.2, -0.15) is 0 Å². The lowest BCUT2D eigenvalue weighted by molar-refractivity contribution is 0.354. The van der Waals surface area contributed by atoms with Crippen LogP contribution in [0.25, 0.3) is 0 Å². The van der Waals surface area contributed by atoms with Gasteiger partial charge in [0, 0.05) is 11.1 Å². The van der Waals surface area contributed by atoms with Crippen molar-refractivity contribution in [2.24, 2.45) is 5.73 Å². The molecule has 1 aliphatic rings. The fourth-order valence-corrected chi connectivity index (χ4v) is 2.48. The third kappa shape index (κ3) is 1.92. The zero-order chi connectivity index (χ0) is 11.8. The van der Waals surface area contributed by atoms with E-state index in [1.54, 1.807) is 12.1 Å². The van der Waals surface area contributed by atoms with Crippen LogP contribution in [0.15, 0.2) is 18.2 Å². The molecule has 3 heteroatoms. The molecule has 2 rings (SSSR count). The summed E-state index contributed by atoms with van der Waals surface area (Å²) in [6.45, 7) is 1.43. The number of phenols is 1. The van der Waals surface area contributed by atoms with Gasteiger partial charge in [0.15, 0.2) is 0 Å². The summed E-state index contributed by atoms with van der Waals surface area (Å²) in [5.74, 6) is 0.0142. The van der Waals surface area contributed by atoms with Gasteiger partial charge in [0.2, 0.25) is 0 Å². The van der Waals surface area contributed by atoms with Gasteiger partial charge < -0.3 is 10.8 Å². The van der Waals surface area contributed by atoms with Crippen LogP contribution in [0.3, 0.4) is 0 Å². The summed E-state index contributed by atoms with van der Waals surface area (Å²) in [5, 5.41) is 9.55. The smallest absolute Gasteiger partial charge is 0.126 e. The highest BCUT2D eigenvalue weighted by molar-refractivity contribution is 5.40. The Balaban J connectivity index is 2.39. The summed E-state index contributed by atoms with van der Waals surface area (Å²) in [5.41, 5.74) is 7.26. The molecule has 88 valence electrons. The molecule has 0 spiro atoms. The van der Waals surface area contributed by atoms with Crippen LogP contribution in [0.1, 0.15) is 49.9 Å². The van der Waals surface area contributed by atoms with Crippen LogP contribution in [-0.4, -0.2) is 5.11 Å². The Bertz CT molecular complexity index is 384. The van der Waals surface area contributed by atoms with E-state index >= 15 is 0 Å². The molecule has 1 saturated carbocycles. The SMILES string of the molecule is CC(F)c1cc(C2(N)CCCC2)ccc1O. The molecule has 0 aromatic heterocycles. The lowest BCUT2D eigenvalue weighted by Crippen LogP contribution is -2.33. The molecule has 1 aromatic rings. The molecular weight excluding hydrogens is 205 g/mol. The average Bonchev–Trinajstić information content (AvgIpc) is 2.66. The number of hydrogen-bond donors (Lipinski definition) is 2. The van der Waals surface area contributed by atoms with Crippen LogP contribution in [0.5, 0.6) is 5.75 Å². The van der Waals surface area contributed by atoms with Crippen LogP contribution < -0.4 is 5.73 Å². The molecule has 1 aromatic carbocycles. The van der Waals surface area contributed by atoms with Crippen molar-refractivity contribution in [3.63, 3.8) is 0 Å². The largest absolute Gasteiger partial charge is 0.508 e. The van der Waals surface area contributed by atoms with Crippen LogP contribution in [0, 0.1) is 0 Å². The van der Waals surface area contributed by atoms with Gasteiger partial charge in [-0.3, -0.25) is 0 Å². The maximum atomic E-state index is 13.3. The molecule has 1 aliphatic carbocycles. The van der Waals surface area contributed by atoms with Gasteiger partial charge in [0.25, 0.3) is 0 Å². The van der Waals surface area contributed by atoms with E-state index < -0.39 is 6.17 Å². The predicted octanol–water partition coefficient (Wildman–Crippen LogP) is 3.15. The first kappa shape index (κ1) is 11.4. The zero-order valence-corrected chi connectivity index (χ0v) is 9.54. The molecule has 1 atom stereocenters. The Morgan fingerprint density at radius 3 is 2.56 bits per heavy atom. The number of rotatable bonds is 2. The van der Waals surface area contributed by atoms with Crippen molar-refractivity contribution >= 4 is 0 Å². The first-order valence-corrected chi connectivity index (χ1v) is 5.79. The van der Waals surface area contributed by atoms with Gasteiger partial charge in [-0.25, -0.2) is 4.39 Å². The minimum Gasteiger partial charge on any atom is -0.508 e. The molecule has 0 aliphatic heterocycles. The van der Waals surface area contributed by atoms with Crippen molar-refractivity contribution in [2.45, 2.75) is 44.3 Å². The molecule has 1 fully saturated rings. The number of aromatic hydroxyl groups is 1. The maximum absolute atomic E-state index is 13.3. The lowest BCUT2D eigenvalue weighted by atomic mass is 9.88. The van der Waals surface area contributed by atoms with Crippen molar-refractivity contribution in [2.75, 3.05) is 0 Å². The maximum Gasteiger partial charge on any atom is 0.126 e. The second-order valence-corrected chi connectivity index (χ2v) is 4.75. The standard InChI is InChI=1S/C13H18FNO/c1-9(14)11-8-10(4-5-12(11)16)13(15)6-2-3-7-13/h4-5,8-9,16H,2-3,6-7,15H2,1H3. The highest BCUT2D eigenvalue weighted by atomic mass is 19.1. The van der Waals surface area contributed by atoms with Crippen molar-refractivity contribution in [3.05, 3.63) is 29.3 Å². The van der Waals surface area contributed by atoms with E-state index in [0.29, 0.717) is 5.56 Å². The van der Waals surface area contributed by atoms with E-state index in [0.717, 1.165) is 31.2 Å². The third-order valence-corrected chi connectivity index (χ3v) is 3.53. The molecule has 0 heterocycles. The number of phenolic OH excluding ortho intramolecular Hbond substituents is 1. The van der Waals surface area contributed by atoms with Crippen molar-refractivity contribution in [1.82, 2.24) is 0 Å². The van der Waals surface area contributed by atoms with Crippen LogP contribution in [0.4, 0.5) is 4.39 Å². The first-order valence-electron chi connectivity index (χ1n) is 5.79. The fraction of sp³-hybridized carbons (Fsp3) is 0.538. The quantitative estimate of drug-likeness (QED) is 0.809. The van der Waals surface area contributed by atoms with E-state index in [2.05, 4.69) is 0 Å². The Labute approximate surface area is 95.3 Å². The Morgan fingerprint density at radius 2 is 2.00 bits per heavy atom. The molecule has 3 N–H and O–H groups in total. The summed E-state index contributed by atoms with van der Waals surface area (Å²) >= 11 is 0. The lowest BCUT2D eigenvalue weighted by Gasteiger charge is -2.25. The number of hydrogen-bond acceptors (Lipinski definition) is 2. The fourth-order valence-electron chi connectivity index (χ4n) is 2.48. The number of halogens is 1. The summed E-state index contributed by atoms with van der Waals surface area (Å²) in [4.78, 5) is 0. The zero-order valence-electron chi connectivity index (χ0n) is 9.54. The number of nitrogens with two attached hydrogens (primary N) is 1. The summed E-state index contributed by atoms with van der Waals surface area (Å²) in [6.07, 6.45) is 2.97. The van der Waals surface area contributed by atoms with Gasteiger partial charge in [-0.05, 0) is 37.5 Å². The predicted molar refractivity (Wildman–Crippen MR) is 62.0 cm³/mol. The van der Waals surface area contributed by atoms with Crippen LogP contribution in [0.2, 0.25) is 0 Å². The van der Waals surface area contributed by atoms with E-state index in [9.17, 15) is 9.50 Å². The van der Waals surface area contributed by atoms with Crippen molar-refractivity contribution in [1.29, 1.82) is 0 Å². The van der Waals surface area contributed by atoms with Crippen molar-refractivity contribution in [3.8, 4) is 5.75 Å². The van der Waals surface area contributed by atoms with E-state index in [-0.39, 0.29) is 11.3 Å². The average molecular weight is 223 g/mol. The molecule has 0 saturated heterocycles. The van der Waals surface area contributed by atoms with E-state index in [1.165, 1.54) is 6.92 Å². The molecule has 0 radical (unpaired) electrons. The monoisotopic (exact) mass is 223 g/mol. The normalized spacial score (nSPS) is 20.9. The Kier molecular flexibility index (Phi) is 2.89. The summed E-state index contributed by atoms with van der Waals surface area (Å²) in [7, 11) is 0. The van der Waals surface area contributed by atoms with Gasteiger partial charge in [-0.1, -0.05) is 18.9 Å². The molecule has 0 bridgehead atoms. The minimum absolute atomic E-state index is 0.0142. The number of alkyl halides is 1. The van der Waals surface area contributed by atoms with E-state index in [4.69, 9.17) is 5.73 Å². The summed E-state index contributed by atoms with van der Waals surface area (Å²) < 4.78 is 13.3. The first-order chi connectivity index (χ1) is 7.53. The highest BCUT2D eigenvalue weighted by Crippen LogP contribution is 2.39.